The van der Waals surface area contributed by atoms with Gasteiger partial charge in [-0.2, -0.15) is 13.2 Å². The van der Waals surface area contributed by atoms with Gasteiger partial charge >= 0.3 is 12.1 Å². The molecule has 0 saturated carbocycles. The molecule has 0 radical (unpaired) electrons. The molecule has 0 spiro atoms. The summed E-state index contributed by atoms with van der Waals surface area (Å²) in [7, 11) is 0. The van der Waals surface area contributed by atoms with E-state index in [1.807, 2.05) is 0 Å². The fourth-order valence-corrected chi connectivity index (χ4v) is 3.34. The van der Waals surface area contributed by atoms with Gasteiger partial charge in [0.25, 0.3) is 0 Å². The highest BCUT2D eigenvalue weighted by molar-refractivity contribution is 5.75. The molecule has 4 nitrogen and oxygen atoms in total. The highest BCUT2D eigenvalue weighted by Crippen LogP contribution is 2.30. The lowest BCUT2D eigenvalue weighted by molar-refractivity contribution is -0.242. The minimum Gasteiger partial charge on any atom is -0.361 e. The Bertz CT molecular complexity index is 344. The van der Waals surface area contributed by atoms with Gasteiger partial charge in [0.15, 0.2) is 0 Å². The first-order valence-corrected chi connectivity index (χ1v) is 7.10. The zero-order valence-electron chi connectivity index (χ0n) is 11.8. The monoisotopic (exact) mass is 294 g/mol. The van der Waals surface area contributed by atoms with Gasteiger partial charge in [-0.25, -0.2) is 4.79 Å². The van der Waals surface area contributed by atoms with E-state index in [0.717, 1.165) is 17.9 Å². The number of alkyl halides is 3. The average Bonchev–Trinajstić information content (AvgIpc) is 2.69. The van der Waals surface area contributed by atoms with Gasteiger partial charge in [0.05, 0.1) is 0 Å². The number of piperidine rings is 1. The number of carbonyl (C=O) groups is 1. The Morgan fingerprint density at radius 1 is 1.05 bits per heavy atom. The van der Waals surface area contributed by atoms with E-state index in [0.29, 0.717) is 31.2 Å². The molecule has 0 aromatic rings. The number of nitrogens with zero attached hydrogens (tertiary/aromatic N) is 2. The fourth-order valence-electron chi connectivity index (χ4n) is 3.34. The molecule has 0 aromatic heterocycles. The van der Waals surface area contributed by atoms with Crippen LogP contribution >= 0.6 is 0 Å². The second-order valence-electron chi connectivity index (χ2n) is 5.76. The van der Waals surface area contributed by atoms with Gasteiger partial charge in [-0.15, -0.1) is 5.06 Å². The highest BCUT2D eigenvalue weighted by Gasteiger charge is 2.43. The number of hydrogen-bond acceptors (Lipinski definition) is 4. The third-order valence-corrected chi connectivity index (χ3v) is 4.31. The Labute approximate surface area is 116 Å². The minimum absolute atomic E-state index is 0.364. The van der Waals surface area contributed by atoms with Gasteiger partial charge in [0.1, 0.15) is 0 Å². The lowest BCUT2D eigenvalue weighted by Gasteiger charge is -2.39. The molecule has 0 aliphatic carbocycles. The Balaban J connectivity index is 1.82. The van der Waals surface area contributed by atoms with E-state index in [-0.39, 0.29) is 0 Å². The maximum Gasteiger partial charge on any atom is 0.492 e. The number of halogens is 3. The third kappa shape index (κ3) is 3.44. The number of rotatable bonds is 2. The second-order valence-corrected chi connectivity index (χ2v) is 5.76. The van der Waals surface area contributed by atoms with Crippen molar-refractivity contribution < 1.29 is 22.8 Å². The normalized spacial score (nSPS) is 30.6. The summed E-state index contributed by atoms with van der Waals surface area (Å²) in [5.41, 5.74) is 0. The van der Waals surface area contributed by atoms with Crippen LogP contribution in [0.15, 0.2) is 0 Å². The third-order valence-electron chi connectivity index (χ3n) is 4.31. The van der Waals surface area contributed by atoms with Crippen molar-refractivity contribution in [3.05, 3.63) is 0 Å². The molecule has 0 unspecified atom stereocenters. The van der Waals surface area contributed by atoms with Crippen molar-refractivity contribution in [1.29, 1.82) is 0 Å². The van der Waals surface area contributed by atoms with Gasteiger partial charge in [-0.3, -0.25) is 4.90 Å². The summed E-state index contributed by atoms with van der Waals surface area (Å²) in [6, 6.07) is 1.43. The first-order chi connectivity index (χ1) is 9.29. The van der Waals surface area contributed by atoms with Gasteiger partial charge < -0.3 is 4.84 Å². The molecule has 7 heteroatoms. The molecule has 2 aliphatic heterocycles. The van der Waals surface area contributed by atoms with Crippen LogP contribution in [0.5, 0.6) is 0 Å². The summed E-state index contributed by atoms with van der Waals surface area (Å²) < 4.78 is 36.4. The van der Waals surface area contributed by atoms with Crippen molar-refractivity contribution in [2.24, 2.45) is 0 Å². The van der Waals surface area contributed by atoms with Crippen LogP contribution in [0.1, 0.15) is 39.5 Å². The number of hydroxylamine groups is 2. The zero-order chi connectivity index (χ0) is 14.9. The Kier molecular flexibility index (Phi) is 4.59. The van der Waals surface area contributed by atoms with Crippen LogP contribution in [0.4, 0.5) is 13.2 Å². The maximum atomic E-state index is 12.1. The Morgan fingerprint density at radius 3 is 2.00 bits per heavy atom. The molecule has 2 fully saturated rings. The Morgan fingerprint density at radius 2 is 1.55 bits per heavy atom. The molecular weight excluding hydrogens is 273 g/mol. The summed E-state index contributed by atoms with van der Waals surface area (Å²) in [6.07, 6.45) is -1.11. The van der Waals surface area contributed by atoms with E-state index in [9.17, 15) is 18.0 Å². The molecule has 2 rings (SSSR count). The summed E-state index contributed by atoms with van der Waals surface area (Å²) >= 11 is 0. The van der Waals surface area contributed by atoms with Crippen molar-refractivity contribution in [3.8, 4) is 0 Å². The zero-order valence-corrected chi connectivity index (χ0v) is 11.8. The smallest absolute Gasteiger partial charge is 0.361 e. The van der Waals surface area contributed by atoms with Crippen LogP contribution in [0.2, 0.25) is 0 Å². The topological polar surface area (TPSA) is 32.8 Å². The molecule has 2 atom stereocenters. The SMILES string of the molecule is C[C@@H]1CC[C@@H](C)N1C1CCN(OC(=O)C(F)(F)F)CC1. The minimum atomic E-state index is -4.92. The molecule has 0 amide bonds. The van der Waals surface area contributed by atoms with Crippen LogP contribution in [0.25, 0.3) is 0 Å². The summed E-state index contributed by atoms with van der Waals surface area (Å²) in [5.74, 6) is -2.13. The predicted octanol–water partition coefficient (Wildman–Crippen LogP) is 2.34. The van der Waals surface area contributed by atoms with Crippen LogP contribution in [-0.2, 0) is 9.63 Å². The van der Waals surface area contributed by atoms with Crippen LogP contribution in [-0.4, -0.2) is 53.3 Å². The molecular formula is C13H21F3N2O2. The molecule has 2 saturated heterocycles. The highest BCUT2D eigenvalue weighted by atomic mass is 19.4. The lowest BCUT2D eigenvalue weighted by atomic mass is 10.0. The first kappa shape index (κ1) is 15.6. The number of hydrogen-bond donors (Lipinski definition) is 0. The molecule has 20 heavy (non-hydrogen) atoms. The van der Waals surface area contributed by atoms with Gasteiger partial charge in [-0.1, -0.05) is 0 Å². The van der Waals surface area contributed by atoms with Crippen molar-refractivity contribution in [2.45, 2.75) is 63.8 Å². The summed E-state index contributed by atoms with van der Waals surface area (Å²) in [5, 5.41) is 1.14. The van der Waals surface area contributed by atoms with E-state index >= 15 is 0 Å². The van der Waals surface area contributed by atoms with Gasteiger partial charge in [-0.05, 0) is 39.5 Å². The molecule has 116 valence electrons. The van der Waals surface area contributed by atoms with Gasteiger partial charge in [0.2, 0.25) is 0 Å². The van der Waals surface area contributed by atoms with Crippen LogP contribution < -0.4 is 0 Å². The standard InChI is InChI=1S/C13H21F3N2O2/c1-9-3-4-10(2)18(9)11-5-7-17(8-6-11)20-12(19)13(14,15)16/h9-11H,3-8H2,1-2H3/t9-,10-/m1/s1. The number of likely N-dealkylation sites (tertiary alicyclic amines) is 1. The molecule has 0 N–H and O–H groups in total. The number of carbonyl (C=O) groups excluding carboxylic acids is 1. The second kappa shape index (κ2) is 5.89. The van der Waals surface area contributed by atoms with E-state index in [1.54, 1.807) is 0 Å². The average molecular weight is 294 g/mol. The van der Waals surface area contributed by atoms with E-state index in [1.165, 1.54) is 12.8 Å². The van der Waals surface area contributed by atoms with Crippen molar-refractivity contribution >= 4 is 5.97 Å². The molecule has 2 aliphatic rings. The van der Waals surface area contributed by atoms with Crippen LogP contribution in [0, 0.1) is 0 Å². The van der Waals surface area contributed by atoms with E-state index in [4.69, 9.17) is 0 Å². The maximum absolute atomic E-state index is 12.1. The largest absolute Gasteiger partial charge is 0.492 e. The van der Waals surface area contributed by atoms with E-state index < -0.39 is 12.1 Å². The van der Waals surface area contributed by atoms with Crippen molar-refractivity contribution in [1.82, 2.24) is 9.96 Å². The van der Waals surface area contributed by atoms with Crippen LogP contribution in [0.3, 0.4) is 0 Å². The predicted molar refractivity (Wildman–Crippen MR) is 66.7 cm³/mol. The summed E-state index contributed by atoms with van der Waals surface area (Å²) in [6.45, 7) is 5.12. The molecule has 0 bridgehead atoms. The first-order valence-electron chi connectivity index (χ1n) is 7.10. The molecule has 0 aromatic carbocycles. The Hall–Kier alpha value is -0.820. The van der Waals surface area contributed by atoms with Gasteiger partial charge in [0, 0.05) is 31.2 Å². The van der Waals surface area contributed by atoms with E-state index in [2.05, 4.69) is 23.6 Å². The summed E-state index contributed by atoms with van der Waals surface area (Å²) in [4.78, 5) is 17.6. The fraction of sp³-hybridized carbons (Fsp3) is 0.923. The molecule has 2 heterocycles. The quantitative estimate of drug-likeness (QED) is 0.782. The van der Waals surface area contributed by atoms with Crippen molar-refractivity contribution in [2.75, 3.05) is 13.1 Å². The lowest BCUT2D eigenvalue weighted by Crippen LogP contribution is -2.49. The van der Waals surface area contributed by atoms with Crippen molar-refractivity contribution in [3.63, 3.8) is 0 Å².